The van der Waals surface area contributed by atoms with Crippen LogP contribution in [0.15, 0.2) is 105 Å². The average Bonchev–Trinajstić information content (AvgIpc) is 3.99. The molecule has 6 N–H and O–H groups in total. The number of fused-ring (bicyclic) bond motifs is 4. The Labute approximate surface area is 350 Å². The SMILES string of the molecule is CC(C)N(CCCn1c(Sc2cc3c(cc2-c2cc[nH]n2)OCO3)nc2c(N)ncnc21)C(=S)Nc1ccc(-c2c3ccc(=O)cc-3oc3cc(O)ccc23)c(C(=O)O)c1. The molecule has 0 fully saturated rings. The number of nitrogens with two attached hydrogens (primary N) is 1. The molecule has 0 amide bonds. The van der Waals surface area contributed by atoms with Gasteiger partial charge in [-0.15, -0.1) is 0 Å². The highest BCUT2D eigenvalue weighted by Gasteiger charge is 2.25. The first kappa shape index (κ1) is 38.3. The molecule has 0 saturated heterocycles. The topological polar surface area (TPSA) is 220 Å². The average molecular weight is 842 g/mol. The number of aromatic amines is 1. The molecule has 0 saturated carbocycles. The van der Waals surface area contributed by atoms with Gasteiger partial charge in [-0.3, -0.25) is 9.89 Å². The summed E-state index contributed by atoms with van der Waals surface area (Å²) in [5.41, 5.74) is 10.9. The maximum atomic E-state index is 12.9. The van der Waals surface area contributed by atoms with Gasteiger partial charge >= 0.3 is 5.97 Å². The lowest BCUT2D eigenvalue weighted by Crippen LogP contribution is -2.40. The molecule has 1 aliphatic carbocycles. The number of ether oxygens (including phenoxy) is 2. The van der Waals surface area contributed by atoms with Crippen molar-refractivity contribution in [3.63, 3.8) is 0 Å². The molecule has 2 aliphatic heterocycles. The number of hydrogen-bond acceptors (Lipinski definition) is 13. The van der Waals surface area contributed by atoms with Crippen molar-refractivity contribution in [1.29, 1.82) is 0 Å². The number of benzene rings is 4. The Morgan fingerprint density at radius 1 is 1.03 bits per heavy atom. The van der Waals surface area contributed by atoms with Gasteiger partial charge in [-0.2, -0.15) is 5.10 Å². The number of carboxylic acids is 1. The number of thiocarbonyl (C=S) groups is 1. The number of aromatic hydroxyl groups is 1. The predicted octanol–water partition coefficient (Wildman–Crippen LogP) is 7.46. The minimum atomic E-state index is -1.16. The van der Waals surface area contributed by atoms with Gasteiger partial charge < -0.3 is 44.6 Å². The number of aromatic nitrogens is 6. The minimum absolute atomic E-state index is 0.00292. The molecule has 0 bridgehead atoms. The molecule has 16 nitrogen and oxygen atoms in total. The van der Waals surface area contributed by atoms with E-state index in [1.54, 1.807) is 30.5 Å². The Balaban J connectivity index is 0.980. The molecule has 5 heterocycles. The van der Waals surface area contributed by atoms with Gasteiger partial charge in [-0.05, 0) is 92.6 Å². The molecule has 6 aromatic rings. The molecule has 9 rings (SSSR count). The lowest BCUT2D eigenvalue weighted by atomic mass is 9.90. The fourth-order valence-electron chi connectivity index (χ4n) is 7.29. The molecular formula is C42H35N9O7S2. The number of phenolic OH excluding ortho intramolecular Hbond substituents is 1. The summed E-state index contributed by atoms with van der Waals surface area (Å²) in [5.74, 6) is 0.582. The third kappa shape index (κ3) is 7.15. The van der Waals surface area contributed by atoms with Crippen LogP contribution in [0.25, 0.3) is 55.8 Å². The van der Waals surface area contributed by atoms with Crippen LogP contribution in [0.1, 0.15) is 30.6 Å². The second-order valence-corrected chi connectivity index (χ2v) is 15.6. The molecule has 3 aliphatic rings. The van der Waals surface area contributed by atoms with Gasteiger partial charge in [-0.25, -0.2) is 19.7 Å². The van der Waals surface area contributed by atoms with Crippen LogP contribution in [-0.4, -0.2) is 75.3 Å². The number of nitrogens with zero attached hydrogens (tertiary/aromatic N) is 6. The van der Waals surface area contributed by atoms with Crippen LogP contribution < -0.4 is 26.0 Å². The number of rotatable bonds is 11. The summed E-state index contributed by atoms with van der Waals surface area (Å²) in [5, 5.41) is 32.9. The van der Waals surface area contributed by atoms with Crippen molar-refractivity contribution in [3.8, 4) is 51.0 Å². The highest BCUT2D eigenvalue weighted by Crippen LogP contribution is 2.45. The van der Waals surface area contributed by atoms with Crippen molar-refractivity contribution >= 4 is 68.7 Å². The van der Waals surface area contributed by atoms with Crippen LogP contribution >= 0.6 is 24.0 Å². The van der Waals surface area contributed by atoms with Gasteiger partial charge in [0.05, 0.1) is 11.3 Å². The number of nitrogens with one attached hydrogen (secondary N) is 2. The van der Waals surface area contributed by atoms with Crippen LogP contribution in [0.4, 0.5) is 11.5 Å². The zero-order valence-electron chi connectivity index (χ0n) is 32.0. The predicted molar refractivity (Wildman–Crippen MR) is 230 cm³/mol. The van der Waals surface area contributed by atoms with E-state index in [2.05, 4.69) is 25.5 Å². The summed E-state index contributed by atoms with van der Waals surface area (Å²) in [4.78, 5) is 41.6. The van der Waals surface area contributed by atoms with Gasteiger partial charge in [0.15, 0.2) is 44.2 Å². The van der Waals surface area contributed by atoms with Crippen LogP contribution in [0.3, 0.4) is 0 Å². The maximum Gasteiger partial charge on any atom is 0.336 e. The number of imidazole rings is 1. The number of carbonyl (C=O) groups is 1. The highest BCUT2D eigenvalue weighted by molar-refractivity contribution is 7.99. The Hall–Kier alpha value is -7.18. The molecule has 60 heavy (non-hydrogen) atoms. The molecule has 3 aromatic heterocycles. The van der Waals surface area contributed by atoms with Crippen molar-refractivity contribution in [1.82, 2.24) is 34.6 Å². The molecule has 0 spiro atoms. The molecular weight excluding hydrogens is 807 g/mol. The summed E-state index contributed by atoms with van der Waals surface area (Å²) >= 11 is 7.37. The Kier molecular flexibility index (Phi) is 9.93. The second-order valence-electron chi connectivity index (χ2n) is 14.2. The zero-order valence-corrected chi connectivity index (χ0v) is 33.6. The minimum Gasteiger partial charge on any atom is -0.508 e. The van der Waals surface area contributed by atoms with Gasteiger partial charge in [0.25, 0.3) is 0 Å². The van der Waals surface area contributed by atoms with E-state index >= 15 is 0 Å². The molecule has 18 heteroatoms. The smallest absolute Gasteiger partial charge is 0.336 e. The normalized spacial score (nSPS) is 12.2. The van der Waals surface area contributed by atoms with Crippen LogP contribution in [0.5, 0.6) is 17.2 Å². The van der Waals surface area contributed by atoms with Crippen LogP contribution in [0, 0.1) is 0 Å². The van der Waals surface area contributed by atoms with Crippen molar-refractivity contribution in [2.45, 2.75) is 42.9 Å². The summed E-state index contributed by atoms with van der Waals surface area (Å²) < 4.78 is 19.4. The number of hydrogen-bond donors (Lipinski definition) is 5. The first-order valence-electron chi connectivity index (χ1n) is 18.8. The molecule has 0 atom stereocenters. The van der Waals surface area contributed by atoms with Crippen LogP contribution in [-0.2, 0) is 6.54 Å². The van der Waals surface area contributed by atoms with Gasteiger partial charge in [0, 0.05) is 70.1 Å². The van der Waals surface area contributed by atoms with Crippen molar-refractivity contribution in [2.75, 3.05) is 24.4 Å². The number of aryl methyl sites for hydroxylation is 1. The summed E-state index contributed by atoms with van der Waals surface area (Å²) in [6, 6.07) is 19.6. The van der Waals surface area contributed by atoms with E-state index in [9.17, 15) is 19.8 Å². The maximum absolute atomic E-state index is 12.9. The van der Waals surface area contributed by atoms with Gasteiger partial charge in [0.1, 0.15) is 23.4 Å². The fraction of sp³-hybridized carbons (Fsp3) is 0.167. The van der Waals surface area contributed by atoms with Crippen molar-refractivity contribution in [3.05, 3.63) is 101 Å². The molecule has 0 radical (unpaired) electrons. The van der Waals surface area contributed by atoms with E-state index in [4.69, 9.17) is 36.8 Å². The largest absolute Gasteiger partial charge is 0.508 e. The number of H-pyrrole nitrogens is 1. The van der Waals surface area contributed by atoms with Crippen molar-refractivity contribution in [2.24, 2.45) is 0 Å². The summed E-state index contributed by atoms with van der Waals surface area (Å²) in [6.45, 7) is 5.21. The monoisotopic (exact) mass is 841 g/mol. The van der Waals surface area contributed by atoms with Gasteiger partial charge in [0.2, 0.25) is 6.79 Å². The van der Waals surface area contributed by atoms with Gasteiger partial charge in [-0.1, -0.05) is 17.8 Å². The van der Waals surface area contributed by atoms with E-state index in [1.807, 2.05) is 41.5 Å². The first-order chi connectivity index (χ1) is 29.0. The third-order valence-electron chi connectivity index (χ3n) is 10.1. The van der Waals surface area contributed by atoms with Crippen molar-refractivity contribution < 1.29 is 28.9 Å². The zero-order chi connectivity index (χ0) is 41.7. The van der Waals surface area contributed by atoms with E-state index in [0.717, 1.165) is 16.2 Å². The first-order valence-corrected chi connectivity index (χ1v) is 20.0. The van der Waals surface area contributed by atoms with E-state index in [1.165, 1.54) is 48.4 Å². The Morgan fingerprint density at radius 2 is 1.85 bits per heavy atom. The lowest BCUT2D eigenvalue weighted by Gasteiger charge is -2.30. The number of phenols is 1. The third-order valence-corrected chi connectivity index (χ3v) is 11.5. The number of aromatic carboxylic acids is 1. The standard InChI is InChI=1S/C42H35N9O7S2/c1-21(2)50(41(59)47-22-4-7-25(28(14-22)40(54)55)36-26-8-5-23(52)15-31(26)58-32-16-24(53)6-9-27(32)36)12-3-13-51-39-37(38(43)44-19-45-39)48-42(51)60-35-18-34-33(56-20-57-34)17-29(35)30-10-11-46-49-30/h4-11,14-19,21,52H,3,12-13,20H2,1-2H3,(H,46,49)(H,47,59)(H,54,55)(H2,43,44,45). The number of nitrogen functional groups attached to an aromatic ring is 1. The van der Waals surface area contributed by atoms with E-state index < -0.39 is 5.97 Å². The number of carboxylic acid groups (broad SMARTS) is 1. The lowest BCUT2D eigenvalue weighted by molar-refractivity contribution is 0.0697. The Bertz CT molecular complexity index is 3000. The highest BCUT2D eigenvalue weighted by atomic mass is 32.2. The molecule has 3 aromatic carbocycles. The van der Waals surface area contributed by atoms with E-state index in [0.29, 0.717) is 85.8 Å². The quantitative estimate of drug-likeness (QED) is 0.0630. The van der Waals surface area contributed by atoms with Crippen LogP contribution in [0.2, 0.25) is 0 Å². The summed E-state index contributed by atoms with van der Waals surface area (Å²) in [6.07, 6.45) is 3.79. The summed E-state index contributed by atoms with van der Waals surface area (Å²) in [7, 11) is 0. The Morgan fingerprint density at radius 3 is 2.63 bits per heavy atom. The molecule has 0 unspecified atom stereocenters. The number of anilines is 2. The van der Waals surface area contributed by atoms with E-state index in [-0.39, 0.29) is 41.2 Å². The fourth-order valence-corrected chi connectivity index (χ4v) is 8.77. The second kappa shape index (κ2) is 15.5. The molecule has 302 valence electrons.